The van der Waals surface area contributed by atoms with Crippen molar-refractivity contribution >= 4 is 29.3 Å². The maximum absolute atomic E-state index is 12.1. The molecule has 0 radical (unpaired) electrons. The van der Waals surface area contributed by atoms with Gasteiger partial charge >= 0.3 is 5.97 Å². The number of para-hydroxylation sites is 1. The van der Waals surface area contributed by atoms with Gasteiger partial charge in [-0.25, -0.2) is 4.98 Å². The highest BCUT2D eigenvalue weighted by Gasteiger charge is 2.12. The standard InChI is InChI=1S/C20H19N3O3S/c1-14-5-3-4-6-18(14)23-12-11-21-20(23)27-13-19(25)26-17-9-7-16(8-10-17)22-15(2)24/h3-12H,13H2,1-2H3,(H,22,24). The number of amides is 1. The molecule has 2 aromatic carbocycles. The monoisotopic (exact) mass is 381 g/mol. The Morgan fingerprint density at radius 3 is 2.59 bits per heavy atom. The van der Waals surface area contributed by atoms with Gasteiger partial charge in [0.05, 0.1) is 11.4 Å². The lowest BCUT2D eigenvalue weighted by atomic mass is 10.2. The molecule has 0 aliphatic rings. The number of carbonyl (C=O) groups is 2. The van der Waals surface area contributed by atoms with E-state index in [-0.39, 0.29) is 17.6 Å². The van der Waals surface area contributed by atoms with E-state index in [9.17, 15) is 9.59 Å². The average molecular weight is 381 g/mol. The second-order valence-electron chi connectivity index (χ2n) is 5.83. The van der Waals surface area contributed by atoms with E-state index < -0.39 is 0 Å². The highest BCUT2D eigenvalue weighted by molar-refractivity contribution is 7.99. The highest BCUT2D eigenvalue weighted by atomic mass is 32.2. The van der Waals surface area contributed by atoms with Gasteiger partial charge in [0.2, 0.25) is 5.91 Å². The zero-order chi connectivity index (χ0) is 19.2. The van der Waals surface area contributed by atoms with Crippen molar-refractivity contribution in [1.29, 1.82) is 0 Å². The summed E-state index contributed by atoms with van der Waals surface area (Å²) in [6, 6.07) is 14.6. The SMILES string of the molecule is CC(=O)Nc1ccc(OC(=O)CSc2nccn2-c2ccccc2C)cc1. The maximum atomic E-state index is 12.1. The molecule has 0 atom stereocenters. The third kappa shape index (κ3) is 4.98. The minimum absolute atomic E-state index is 0.135. The first kappa shape index (κ1) is 18.7. The van der Waals surface area contributed by atoms with Gasteiger partial charge in [-0.1, -0.05) is 30.0 Å². The van der Waals surface area contributed by atoms with Crippen LogP contribution < -0.4 is 10.1 Å². The predicted octanol–water partition coefficient (Wildman–Crippen LogP) is 3.84. The van der Waals surface area contributed by atoms with E-state index in [1.165, 1.54) is 18.7 Å². The van der Waals surface area contributed by atoms with Crippen LogP contribution in [-0.4, -0.2) is 27.2 Å². The molecule has 3 aromatic rings. The van der Waals surface area contributed by atoms with Gasteiger partial charge in [0.1, 0.15) is 5.75 Å². The first-order valence-corrected chi connectivity index (χ1v) is 9.32. The lowest BCUT2D eigenvalue weighted by Crippen LogP contribution is -2.11. The molecule has 0 aliphatic carbocycles. The summed E-state index contributed by atoms with van der Waals surface area (Å²) in [5.74, 6) is 0.0416. The Labute approximate surface area is 161 Å². The number of hydrogen-bond donors (Lipinski definition) is 1. The molecule has 1 heterocycles. The van der Waals surface area contributed by atoms with Crippen LogP contribution in [-0.2, 0) is 9.59 Å². The molecule has 6 nitrogen and oxygen atoms in total. The van der Waals surface area contributed by atoms with Crippen LogP contribution in [0.1, 0.15) is 12.5 Å². The van der Waals surface area contributed by atoms with Crippen molar-refractivity contribution in [3.63, 3.8) is 0 Å². The number of ether oxygens (including phenoxy) is 1. The Morgan fingerprint density at radius 2 is 1.89 bits per heavy atom. The van der Waals surface area contributed by atoms with Crippen molar-refractivity contribution in [2.45, 2.75) is 19.0 Å². The molecule has 1 aromatic heterocycles. The van der Waals surface area contributed by atoms with Gasteiger partial charge in [0.15, 0.2) is 5.16 Å². The highest BCUT2D eigenvalue weighted by Crippen LogP contribution is 2.23. The Bertz CT molecular complexity index is 951. The number of benzene rings is 2. The minimum atomic E-state index is -0.369. The number of rotatable bonds is 6. The second-order valence-corrected chi connectivity index (χ2v) is 6.78. The Kier molecular flexibility index (Phi) is 5.93. The number of aryl methyl sites for hydroxylation is 1. The third-order valence-electron chi connectivity index (χ3n) is 3.71. The van der Waals surface area contributed by atoms with Crippen molar-refractivity contribution in [3.05, 3.63) is 66.5 Å². The molecular formula is C20H19N3O3S. The number of hydrogen-bond acceptors (Lipinski definition) is 5. The van der Waals surface area contributed by atoms with Gasteiger partial charge in [0, 0.05) is 25.0 Å². The van der Waals surface area contributed by atoms with Gasteiger partial charge in [-0.3, -0.25) is 14.2 Å². The molecule has 3 rings (SSSR count). The molecule has 0 fully saturated rings. The zero-order valence-corrected chi connectivity index (χ0v) is 15.8. The van der Waals surface area contributed by atoms with Crippen LogP contribution in [0.3, 0.4) is 0 Å². The number of esters is 1. The summed E-state index contributed by atoms with van der Waals surface area (Å²) < 4.78 is 7.29. The minimum Gasteiger partial charge on any atom is -0.426 e. The summed E-state index contributed by atoms with van der Waals surface area (Å²) in [4.78, 5) is 27.5. The molecule has 138 valence electrons. The maximum Gasteiger partial charge on any atom is 0.321 e. The average Bonchev–Trinajstić information content (AvgIpc) is 3.10. The number of imidazole rings is 1. The van der Waals surface area contributed by atoms with Crippen molar-refractivity contribution < 1.29 is 14.3 Å². The van der Waals surface area contributed by atoms with Gasteiger partial charge < -0.3 is 10.1 Å². The largest absolute Gasteiger partial charge is 0.426 e. The van der Waals surface area contributed by atoms with E-state index in [4.69, 9.17) is 4.74 Å². The molecule has 27 heavy (non-hydrogen) atoms. The number of nitrogens with one attached hydrogen (secondary N) is 1. The van der Waals surface area contributed by atoms with Gasteiger partial charge in [0.25, 0.3) is 0 Å². The summed E-state index contributed by atoms with van der Waals surface area (Å²) in [5.41, 5.74) is 2.80. The predicted molar refractivity (Wildman–Crippen MR) is 105 cm³/mol. The number of thioether (sulfide) groups is 1. The van der Waals surface area contributed by atoms with Crippen molar-refractivity contribution in [3.8, 4) is 11.4 Å². The van der Waals surface area contributed by atoms with Gasteiger partial charge in [-0.15, -0.1) is 0 Å². The molecule has 0 spiro atoms. The summed E-state index contributed by atoms with van der Waals surface area (Å²) in [6.45, 7) is 3.47. The lowest BCUT2D eigenvalue weighted by Gasteiger charge is -2.10. The number of nitrogens with zero attached hydrogens (tertiary/aromatic N) is 2. The first-order valence-electron chi connectivity index (χ1n) is 8.33. The molecule has 0 aliphatic heterocycles. The Morgan fingerprint density at radius 1 is 1.15 bits per heavy atom. The van der Waals surface area contributed by atoms with Crippen LogP contribution in [0.4, 0.5) is 5.69 Å². The van der Waals surface area contributed by atoms with E-state index in [1.54, 1.807) is 30.5 Å². The van der Waals surface area contributed by atoms with Crippen LogP contribution in [0.2, 0.25) is 0 Å². The molecule has 0 bridgehead atoms. The van der Waals surface area contributed by atoms with Crippen molar-refractivity contribution in [2.24, 2.45) is 0 Å². The number of carbonyl (C=O) groups excluding carboxylic acids is 2. The molecule has 1 N–H and O–H groups in total. The summed E-state index contributed by atoms with van der Waals surface area (Å²) in [5, 5.41) is 3.39. The molecule has 0 saturated heterocycles. The third-order valence-corrected chi connectivity index (χ3v) is 4.65. The van der Waals surface area contributed by atoms with E-state index in [0.717, 1.165) is 16.4 Å². The fraction of sp³-hybridized carbons (Fsp3) is 0.150. The smallest absolute Gasteiger partial charge is 0.321 e. The Hall–Kier alpha value is -3.06. The molecule has 0 unspecified atom stereocenters. The topological polar surface area (TPSA) is 73.2 Å². The van der Waals surface area contributed by atoms with Crippen LogP contribution in [0.15, 0.2) is 66.1 Å². The van der Waals surface area contributed by atoms with Crippen LogP contribution in [0.5, 0.6) is 5.75 Å². The fourth-order valence-electron chi connectivity index (χ4n) is 2.51. The van der Waals surface area contributed by atoms with E-state index in [2.05, 4.69) is 10.3 Å². The summed E-state index contributed by atoms with van der Waals surface area (Å²) in [7, 11) is 0. The number of anilines is 1. The normalized spacial score (nSPS) is 10.4. The van der Waals surface area contributed by atoms with Crippen molar-refractivity contribution in [2.75, 3.05) is 11.1 Å². The van der Waals surface area contributed by atoms with Crippen LogP contribution in [0, 0.1) is 6.92 Å². The fourth-order valence-corrected chi connectivity index (χ4v) is 3.25. The zero-order valence-electron chi connectivity index (χ0n) is 15.0. The molecular weight excluding hydrogens is 362 g/mol. The second kappa shape index (κ2) is 8.55. The van der Waals surface area contributed by atoms with Gasteiger partial charge in [-0.05, 0) is 42.8 Å². The molecule has 7 heteroatoms. The summed E-state index contributed by atoms with van der Waals surface area (Å²) >= 11 is 1.32. The van der Waals surface area contributed by atoms with E-state index in [1.807, 2.05) is 42.0 Å². The van der Waals surface area contributed by atoms with Crippen LogP contribution in [0.25, 0.3) is 5.69 Å². The van der Waals surface area contributed by atoms with E-state index >= 15 is 0 Å². The van der Waals surface area contributed by atoms with Crippen molar-refractivity contribution in [1.82, 2.24) is 9.55 Å². The quantitative estimate of drug-likeness (QED) is 0.399. The molecule has 0 saturated carbocycles. The van der Waals surface area contributed by atoms with Crippen LogP contribution >= 0.6 is 11.8 Å². The Balaban J connectivity index is 1.60. The lowest BCUT2D eigenvalue weighted by molar-refractivity contribution is -0.131. The van der Waals surface area contributed by atoms with E-state index in [0.29, 0.717) is 11.4 Å². The molecule has 1 amide bonds. The van der Waals surface area contributed by atoms with Gasteiger partial charge in [-0.2, -0.15) is 0 Å². The number of aromatic nitrogens is 2. The summed E-state index contributed by atoms with van der Waals surface area (Å²) in [6.07, 6.45) is 3.58. The first-order chi connectivity index (χ1) is 13.0.